The molecule has 112 valence electrons. The average Bonchev–Trinajstić information content (AvgIpc) is 2.41. The van der Waals surface area contributed by atoms with Crippen LogP contribution in [0.4, 0.5) is 13.2 Å². The number of halogens is 5. The zero-order valence-electron chi connectivity index (χ0n) is 11.1. The van der Waals surface area contributed by atoms with Gasteiger partial charge in [-0.2, -0.15) is 0 Å². The van der Waals surface area contributed by atoms with Crippen LogP contribution in [0.15, 0.2) is 30.3 Å². The van der Waals surface area contributed by atoms with E-state index in [0.717, 1.165) is 18.2 Å². The van der Waals surface area contributed by atoms with Crippen LogP contribution >= 0.6 is 23.2 Å². The maximum Gasteiger partial charge on any atom is 0.142 e. The molecule has 0 aliphatic heterocycles. The molecular weight excluding hydrogens is 322 g/mol. The Labute approximate surface area is 130 Å². The number of nitrogens with one attached hydrogen (secondary N) is 1. The molecule has 2 aromatic carbocycles. The summed E-state index contributed by atoms with van der Waals surface area (Å²) in [5.74, 6) is -2.06. The molecule has 0 heterocycles. The number of benzene rings is 2. The highest BCUT2D eigenvalue weighted by Gasteiger charge is 2.22. The summed E-state index contributed by atoms with van der Waals surface area (Å²) in [6.07, 6.45) is 0. The molecule has 0 fully saturated rings. The van der Waals surface area contributed by atoms with Crippen molar-refractivity contribution in [1.82, 2.24) is 5.32 Å². The van der Waals surface area contributed by atoms with Gasteiger partial charge in [0.15, 0.2) is 0 Å². The molecule has 0 saturated carbocycles. The van der Waals surface area contributed by atoms with Gasteiger partial charge in [-0.25, -0.2) is 13.2 Å². The maximum atomic E-state index is 14.1. The quantitative estimate of drug-likeness (QED) is 0.766. The van der Waals surface area contributed by atoms with Crippen molar-refractivity contribution in [3.63, 3.8) is 0 Å². The summed E-state index contributed by atoms with van der Waals surface area (Å²) in [7, 11) is 0. The molecule has 0 radical (unpaired) electrons. The first kappa shape index (κ1) is 16.1. The normalized spacial score (nSPS) is 12.5. The lowest BCUT2D eigenvalue weighted by Gasteiger charge is -2.20. The summed E-state index contributed by atoms with van der Waals surface area (Å²) in [6.45, 7) is 2.22. The summed E-state index contributed by atoms with van der Waals surface area (Å²) >= 11 is 11.2. The van der Waals surface area contributed by atoms with Crippen LogP contribution in [0.1, 0.15) is 24.1 Å². The molecule has 6 heteroatoms. The fourth-order valence-corrected chi connectivity index (χ4v) is 2.40. The molecule has 1 atom stereocenters. The molecule has 0 aliphatic rings. The SMILES string of the molecule is CCNC(c1ccc(Cl)cc1F)c1cc(F)c(Cl)cc1F. The summed E-state index contributed by atoms with van der Waals surface area (Å²) in [5, 5.41) is 2.84. The van der Waals surface area contributed by atoms with E-state index >= 15 is 0 Å². The monoisotopic (exact) mass is 333 g/mol. The van der Waals surface area contributed by atoms with Crippen LogP contribution in [-0.2, 0) is 0 Å². The first-order valence-corrected chi connectivity index (χ1v) is 7.02. The lowest BCUT2D eigenvalue weighted by atomic mass is 9.97. The second kappa shape index (κ2) is 6.69. The maximum absolute atomic E-state index is 14.1. The topological polar surface area (TPSA) is 12.0 Å². The van der Waals surface area contributed by atoms with Gasteiger partial charge in [-0.3, -0.25) is 0 Å². The minimum atomic E-state index is -0.834. The third-order valence-electron chi connectivity index (χ3n) is 3.03. The molecule has 2 rings (SSSR count). The van der Waals surface area contributed by atoms with Gasteiger partial charge in [0.1, 0.15) is 17.5 Å². The van der Waals surface area contributed by atoms with E-state index in [0.29, 0.717) is 6.54 Å². The van der Waals surface area contributed by atoms with Crippen LogP contribution in [0, 0.1) is 17.5 Å². The molecule has 0 spiro atoms. The Bertz CT molecular complexity index is 662. The van der Waals surface area contributed by atoms with Crippen molar-refractivity contribution in [3.8, 4) is 0 Å². The van der Waals surface area contributed by atoms with E-state index in [9.17, 15) is 13.2 Å². The fourth-order valence-electron chi connectivity index (χ4n) is 2.09. The number of hydrogen-bond acceptors (Lipinski definition) is 1. The largest absolute Gasteiger partial charge is 0.306 e. The predicted molar refractivity (Wildman–Crippen MR) is 78.3 cm³/mol. The summed E-state index contributed by atoms with van der Waals surface area (Å²) < 4.78 is 41.7. The van der Waals surface area contributed by atoms with Crippen molar-refractivity contribution in [2.24, 2.45) is 0 Å². The van der Waals surface area contributed by atoms with E-state index in [2.05, 4.69) is 5.32 Å². The molecule has 0 amide bonds. The van der Waals surface area contributed by atoms with Crippen LogP contribution in [0.2, 0.25) is 10.0 Å². The van der Waals surface area contributed by atoms with Gasteiger partial charge in [0.05, 0.1) is 11.1 Å². The predicted octanol–water partition coefficient (Wildman–Crippen LogP) is 5.11. The van der Waals surface area contributed by atoms with E-state index < -0.39 is 23.5 Å². The standard InChI is InChI=1S/C15H12Cl2F3N/c1-2-21-15(9-4-3-8(16)5-12(9)18)10-6-14(20)11(17)7-13(10)19/h3-7,15,21H,2H2,1H3. The Hall–Kier alpha value is -1.23. The minimum absolute atomic E-state index is 0.0139. The van der Waals surface area contributed by atoms with Crippen LogP contribution in [0.3, 0.4) is 0 Å². The minimum Gasteiger partial charge on any atom is -0.306 e. The van der Waals surface area contributed by atoms with Crippen molar-refractivity contribution >= 4 is 23.2 Å². The molecule has 0 saturated heterocycles. The van der Waals surface area contributed by atoms with Crippen molar-refractivity contribution in [2.75, 3.05) is 6.54 Å². The summed E-state index contributed by atoms with van der Waals surface area (Å²) in [4.78, 5) is 0. The Morgan fingerprint density at radius 3 is 2.24 bits per heavy atom. The molecule has 1 N–H and O–H groups in total. The average molecular weight is 334 g/mol. The lowest BCUT2D eigenvalue weighted by molar-refractivity contribution is 0.523. The fraction of sp³-hybridized carbons (Fsp3) is 0.200. The van der Waals surface area contributed by atoms with Gasteiger partial charge in [0.2, 0.25) is 0 Å². The third-order valence-corrected chi connectivity index (χ3v) is 3.56. The molecule has 1 unspecified atom stereocenters. The Morgan fingerprint density at radius 1 is 0.952 bits per heavy atom. The van der Waals surface area contributed by atoms with Crippen molar-refractivity contribution in [3.05, 3.63) is 69.0 Å². The van der Waals surface area contributed by atoms with Crippen LogP contribution in [-0.4, -0.2) is 6.54 Å². The highest BCUT2D eigenvalue weighted by Crippen LogP contribution is 2.30. The van der Waals surface area contributed by atoms with Gasteiger partial charge in [0.25, 0.3) is 0 Å². The van der Waals surface area contributed by atoms with Crippen molar-refractivity contribution in [1.29, 1.82) is 0 Å². The molecule has 2 aromatic rings. The Balaban J connectivity index is 2.55. The van der Waals surface area contributed by atoms with Crippen LogP contribution in [0.5, 0.6) is 0 Å². The molecule has 21 heavy (non-hydrogen) atoms. The highest BCUT2D eigenvalue weighted by atomic mass is 35.5. The molecule has 0 aliphatic carbocycles. The van der Waals surface area contributed by atoms with Gasteiger partial charge in [-0.1, -0.05) is 36.2 Å². The first-order chi connectivity index (χ1) is 9.93. The lowest BCUT2D eigenvalue weighted by Crippen LogP contribution is -2.24. The van der Waals surface area contributed by atoms with E-state index in [1.54, 1.807) is 6.92 Å². The number of hydrogen-bond donors (Lipinski definition) is 1. The molecular formula is C15H12Cl2F3N. The van der Waals surface area contributed by atoms with Gasteiger partial charge in [-0.15, -0.1) is 0 Å². The van der Waals surface area contributed by atoms with Crippen molar-refractivity contribution < 1.29 is 13.2 Å². The molecule has 0 aromatic heterocycles. The van der Waals surface area contributed by atoms with Crippen molar-refractivity contribution in [2.45, 2.75) is 13.0 Å². The highest BCUT2D eigenvalue weighted by molar-refractivity contribution is 6.31. The second-order valence-electron chi connectivity index (χ2n) is 4.44. The second-order valence-corrected chi connectivity index (χ2v) is 5.29. The smallest absolute Gasteiger partial charge is 0.142 e. The Kier molecular flexibility index (Phi) is 5.14. The van der Waals surface area contributed by atoms with Gasteiger partial charge in [0, 0.05) is 16.1 Å². The van der Waals surface area contributed by atoms with Gasteiger partial charge < -0.3 is 5.32 Å². The van der Waals surface area contributed by atoms with Gasteiger partial charge in [-0.05, 0) is 30.8 Å². The zero-order chi connectivity index (χ0) is 15.6. The van der Waals surface area contributed by atoms with E-state index in [4.69, 9.17) is 23.2 Å². The van der Waals surface area contributed by atoms with E-state index in [1.807, 2.05) is 0 Å². The van der Waals surface area contributed by atoms with Crippen LogP contribution in [0.25, 0.3) is 0 Å². The number of rotatable bonds is 4. The molecule has 1 nitrogen and oxygen atoms in total. The zero-order valence-corrected chi connectivity index (χ0v) is 12.6. The van der Waals surface area contributed by atoms with E-state index in [1.165, 1.54) is 12.1 Å². The molecule has 0 bridgehead atoms. The van der Waals surface area contributed by atoms with Crippen LogP contribution < -0.4 is 5.32 Å². The van der Waals surface area contributed by atoms with Gasteiger partial charge >= 0.3 is 0 Å². The Morgan fingerprint density at radius 2 is 1.62 bits per heavy atom. The summed E-state index contributed by atoms with van der Waals surface area (Å²) in [6, 6.07) is 5.08. The third kappa shape index (κ3) is 3.51. The summed E-state index contributed by atoms with van der Waals surface area (Å²) in [5.41, 5.74) is 0.168. The van der Waals surface area contributed by atoms with E-state index in [-0.39, 0.29) is 21.2 Å². The first-order valence-electron chi connectivity index (χ1n) is 6.26.